The minimum atomic E-state index is -0.789. The molecule has 0 saturated heterocycles. The number of hydrogen-bond acceptors (Lipinski definition) is 2. The molecule has 0 unspecified atom stereocenters. The molecule has 0 aromatic heterocycles. The summed E-state index contributed by atoms with van der Waals surface area (Å²) in [6, 6.07) is 23.9. The van der Waals surface area contributed by atoms with Crippen LogP contribution in [0.25, 0.3) is 0 Å². The highest BCUT2D eigenvalue weighted by molar-refractivity contribution is 5.88. The Morgan fingerprint density at radius 2 is 1.45 bits per heavy atom. The number of carbonyl (C=O) groups excluding carboxylic acids is 2. The fraction of sp³-hybridized carbons (Fsp3) is 0.167. The molecule has 0 saturated carbocycles. The molecular formula is C24H23FN2O2. The van der Waals surface area contributed by atoms with Crippen molar-refractivity contribution in [2.75, 3.05) is 0 Å². The Hall–Kier alpha value is -3.47. The van der Waals surface area contributed by atoms with Crippen molar-refractivity contribution in [2.24, 2.45) is 0 Å². The van der Waals surface area contributed by atoms with E-state index in [1.807, 2.05) is 60.7 Å². The van der Waals surface area contributed by atoms with Crippen LogP contribution in [0.2, 0.25) is 0 Å². The molecule has 1 N–H and O–H groups in total. The van der Waals surface area contributed by atoms with Crippen LogP contribution < -0.4 is 5.32 Å². The SMILES string of the molecule is CC(=O)N(Cc1ccc(F)cc1)[C@H](C(=O)NCc1ccccc1)c1ccccc1. The van der Waals surface area contributed by atoms with E-state index in [0.29, 0.717) is 6.54 Å². The topological polar surface area (TPSA) is 49.4 Å². The van der Waals surface area contributed by atoms with Gasteiger partial charge in [-0.15, -0.1) is 0 Å². The Kier molecular flexibility index (Phi) is 6.74. The highest BCUT2D eigenvalue weighted by atomic mass is 19.1. The van der Waals surface area contributed by atoms with Crippen molar-refractivity contribution in [3.8, 4) is 0 Å². The predicted octanol–water partition coefficient (Wildman–Crippen LogP) is 4.23. The van der Waals surface area contributed by atoms with E-state index in [2.05, 4.69) is 5.32 Å². The van der Waals surface area contributed by atoms with Crippen LogP contribution >= 0.6 is 0 Å². The summed E-state index contributed by atoms with van der Waals surface area (Å²) < 4.78 is 13.3. The van der Waals surface area contributed by atoms with E-state index in [1.165, 1.54) is 24.0 Å². The summed E-state index contributed by atoms with van der Waals surface area (Å²) in [5.74, 6) is -0.848. The molecule has 2 amide bonds. The molecular weight excluding hydrogens is 367 g/mol. The summed E-state index contributed by atoms with van der Waals surface area (Å²) in [6.07, 6.45) is 0. The summed E-state index contributed by atoms with van der Waals surface area (Å²) in [5, 5.41) is 2.93. The van der Waals surface area contributed by atoms with Gasteiger partial charge >= 0.3 is 0 Å². The van der Waals surface area contributed by atoms with Gasteiger partial charge in [0.05, 0.1) is 0 Å². The van der Waals surface area contributed by atoms with Gasteiger partial charge in [-0.2, -0.15) is 0 Å². The molecule has 29 heavy (non-hydrogen) atoms. The third-order valence-corrected chi connectivity index (χ3v) is 4.66. The molecule has 0 aliphatic heterocycles. The van der Waals surface area contributed by atoms with Gasteiger partial charge < -0.3 is 10.2 Å². The second-order valence-electron chi connectivity index (χ2n) is 6.79. The summed E-state index contributed by atoms with van der Waals surface area (Å²) >= 11 is 0. The van der Waals surface area contributed by atoms with Crippen molar-refractivity contribution in [1.29, 1.82) is 0 Å². The third kappa shape index (κ3) is 5.51. The molecule has 5 heteroatoms. The number of rotatable bonds is 7. The quantitative estimate of drug-likeness (QED) is 0.656. The zero-order chi connectivity index (χ0) is 20.6. The minimum absolute atomic E-state index is 0.202. The Labute approximate surface area is 170 Å². The normalized spacial score (nSPS) is 11.5. The highest BCUT2D eigenvalue weighted by Crippen LogP contribution is 2.24. The van der Waals surface area contributed by atoms with E-state index < -0.39 is 6.04 Å². The molecule has 3 rings (SSSR count). The van der Waals surface area contributed by atoms with Gasteiger partial charge in [-0.05, 0) is 28.8 Å². The van der Waals surface area contributed by atoms with Crippen LogP contribution in [0.15, 0.2) is 84.9 Å². The molecule has 0 bridgehead atoms. The second kappa shape index (κ2) is 9.64. The Morgan fingerprint density at radius 1 is 0.862 bits per heavy atom. The first-order valence-corrected chi connectivity index (χ1v) is 9.43. The molecule has 0 radical (unpaired) electrons. The van der Waals surface area contributed by atoms with Crippen molar-refractivity contribution in [3.63, 3.8) is 0 Å². The minimum Gasteiger partial charge on any atom is -0.350 e. The van der Waals surface area contributed by atoms with Crippen LogP contribution in [0.5, 0.6) is 0 Å². The van der Waals surface area contributed by atoms with Crippen LogP contribution in [0.4, 0.5) is 4.39 Å². The van der Waals surface area contributed by atoms with Crippen LogP contribution in [0.1, 0.15) is 29.7 Å². The summed E-state index contributed by atoms with van der Waals surface area (Å²) in [5.41, 5.74) is 2.44. The number of benzene rings is 3. The summed E-state index contributed by atoms with van der Waals surface area (Å²) in [7, 11) is 0. The van der Waals surface area contributed by atoms with Crippen molar-refractivity contribution < 1.29 is 14.0 Å². The molecule has 0 aliphatic rings. The molecule has 0 fully saturated rings. The number of halogens is 1. The number of hydrogen-bond donors (Lipinski definition) is 1. The van der Waals surface area contributed by atoms with E-state index in [0.717, 1.165) is 16.7 Å². The Bertz CT molecular complexity index is 944. The van der Waals surface area contributed by atoms with Gasteiger partial charge in [0.2, 0.25) is 11.8 Å². The second-order valence-corrected chi connectivity index (χ2v) is 6.79. The first-order valence-electron chi connectivity index (χ1n) is 9.43. The number of carbonyl (C=O) groups is 2. The number of amides is 2. The van der Waals surface area contributed by atoms with E-state index in [9.17, 15) is 14.0 Å². The molecule has 0 heterocycles. The molecule has 0 aliphatic carbocycles. The van der Waals surface area contributed by atoms with Gasteiger partial charge in [0, 0.05) is 20.0 Å². The molecule has 0 spiro atoms. The molecule has 148 valence electrons. The fourth-order valence-corrected chi connectivity index (χ4v) is 3.16. The average Bonchev–Trinajstić information content (AvgIpc) is 2.74. The standard InChI is InChI=1S/C24H23FN2O2/c1-18(28)27(17-20-12-14-22(25)15-13-20)23(21-10-6-3-7-11-21)24(29)26-16-19-8-4-2-5-9-19/h2-15,23H,16-17H2,1H3,(H,26,29)/t23-/m0/s1. The maximum Gasteiger partial charge on any atom is 0.247 e. The lowest BCUT2D eigenvalue weighted by Crippen LogP contribution is -2.42. The molecule has 3 aromatic carbocycles. The van der Waals surface area contributed by atoms with Crippen LogP contribution in [-0.2, 0) is 22.7 Å². The number of nitrogens with one attached hydrogen (secondary N) is 1. The molecule has 3 aromatic rings. The zero-order valence-electron chi connectivity index (χ0n) is 16.2. The first-order chi connectivity index (χ1) is 14.0. The van der Waals surface area contributed by atoms with Gasteiger partial charge in [-0.25, -0.2) is 4.39 Å². The van der Waals surface area contributed by atoms with E-state index in [1.54, 1.807) is 12.1 Å². The van der Waals surface area contributed by atoms with E-state index in [4.69, 9.17) is 0 Å². The van der Waals surface area contributed by atoms with E-state index >= 15 is 0 Å². The van der Waals surface area contributed by atoms with Crippen molar-refractivity contribution in [3.05, 3.63) is 107 Å². The maximum atomic E-state index is 13.3. The fourth-order valence-electron chi connectivity index (χ4n) is 3.16. The smallest absolute Gasteiger partial charge is 0.247 e. The molecule has 4 nitrogen and oxygen atoms in total. The Balaban J connectivity index is 1.86. The summed E-state index contributed by atoms with van der Waals surface area (Å²) in [4.78, 5) is 27.1. The highest BCUT2D eigenvalue weighted by Gasteiger charge is 2.29. The van der Waals surface area contributed by atoms with Gasteiger partial charge in [0.25, 0.3) is 0 Å². The van der Waals surface area contributed by atoms with Gasteiger partial charge in [0.15, 0.2) is 0 Å². The van der Waals surface area contributed by atoms with Gasteiger partial charge in [-0.3, -0.25) is 9.59 Å². The maximum absolute atomic E-state index is 13.3. The van der Waals surface area contributed by atoms with Crippen molar-refractivity contribution in [2.45, 2.75) is 26.1 Å². The monoisotopic (exact) mass is 390 g/mol. The third-order valence-electron chi connectivity index (χ3n) is 4.66. The van der Waals surface area contributed by atoms with Crippen LogP contribution in [-0.4, -0.2) is 16.7 Å². The Morgan fingerprint density at radius 3 is 2.03 bits per heavy atom. The lowest BCUT2D eigenvalue weighted by molar-refractivity contribution is -0.140. The predicted molar refractivity (Wildman–Crippen MR) is 110 cm³/mol. The average molecular weight is 390 g/mol. The zero-order valence-corrected chi connectivity index (χ0v) is 16.2. The lowest BCUT2D eigenvalue weighted by Gasteiger charge is -2.30. The van der Waals surface area contributed by atoms with E-state index in [-0.39, 0.29) is 24.2 Å². The lowest BCUT2D eigenvalue weighted by atomic mass is 10.0. The van der Waals surface area contributed by atoms with Crippen molar-refractivity contribution >= 4 is 11.8 Å². The van der Waals surface area contributed by atoms with Gasteiger partial charge in [0.1, 0.15) is 11.9 Å². The number of nitrogens with zero attached hydrogens (tertiary/aromatic N) is 1. The first kappa shape index (κ1) is 20.3. The summed E-state index contributed by atoms with van der Waals surface area (Å²) in [6.45, 7) is 2.00. The largest absolute Gasteiger partial charge is 0.350 e. The van der Waals surface area contributed by atoms with Crippen molar-refractivity contribution in [1.82, 2.24) is 10.2 Å². The van der Waals surface area contributed by atoms with Crippen LogP contribution in [0, 0.1) is 5.82 Å². The molecule has 1 atom stereocenters. The van der Waals surface area contributed by atoms with Gasteiger partial charge in [-0.1, -0.05) is 72.8 Å². The van der Waals surface area contributed by atoms with Crippen LogP contribution in [0.3, 0.4) is 0 Å².